The second-order valence-electron chi connectivity index (χ2n) is 2.91. The van der Waals surface area contributed by atoms with Gasteiger partial charge < -0.3 is 5.11 Å². The number of fused-ring (bicyclic) bond motifs is 1. The summed E-state index contributed by atoms with van der Waals surface area (Å²) < 4.78 is 2.28. The van der Waals surface area contributed by atoms with Crippen molar-refractivity contribution in [3.8, 4) is 5.75 Å². The summed E-state index contributed by atoms with van der Waals surface area (Å²) >= 11 is 5.14. The van der Waals surface area contributed by atoms with E-state index in [0.29, 0.717) is 5.75 Å². The van der Waals surface area contributed by atoms with Gasteiger partial charge >= 0.3 is 0 Å². The zero-order valence-corrected chi connectivity index (χ0v) is 9.58. The Morgan fingerprint density at radius 3 is 2.92 bits per heavy atom. The molecule has 0 amide bonds. The Hall–Kier alpha value is -0.540. The minimum absolute atomic E-state index is 0.397. The first-order valence-electron chi connectivity index (χ1n) is 4.11. The zero-order valence-electron chi connectivity index (χ0n) is 7.17. The summed E-state index contributed by atoms with van der Waals surface area (Å²) in [4.78, 5) is 0. The predicted molar refractivity (Wildman–Crippen MR) is 60.6 cm³/mol. The lowest BCUT2D eigenvalue weighted by atomic mass is 10.1. The number of thiophene rings is 1. The summed E-state index contributed by atoms with van der Waals surface area (Å²) in [5.74, 6) is 0.397. The van der Waals surface area contributed by atoms with Gasteiger partial charge in [-0.05, 0) is 40.0 Å². The number of phenols is 1. The molecule has 0 fully saturated rings. The van der Waals surface area contributed by atoms with Gasteiger partial charge in [-0.15, -0.1) is 11.3 Å². The van der Waals surface area contributed by atoms with E-state index in [4.69, 9.17) is 0 Å². The Morgan fingerprint density at radius 1 is 1.46 bits per heavy atom. The standard InChI is InChI=1S/C10H9BrOS/c1-2-6-3-10-7(4-9(6)12)8(11)5-13-10/h3-5,12H,2H2,1H3. The zero-order chi connectivity index (χ0) is 9.42. The first-order chi connectivity index (χ1) is 6.22. The van der Waals surface area contributed by atoms with Gasteiger partial charge in [0.15, 0.2) is 0 Å². The summed E-state index contributed by atoms with van der Waals surface area (Å²) in [5, 5.41) is 12.8. The second-order valence-corrected chi connectivity index (χ2v) is 4.68. The van der Waals surface area contributed by atoms with E-state index in [1.54, 1.807) is 11.3 Å². The maximum absolute atomic E-state index is 9.64. The third kappa shape index (κ3) is 1.46. The monoisotopic (exact) mass is 256 g/mol. The van der Waals surface area contributed by atoms with Crippen LogP contribution >= 0.6 is 27.3 Å². The molecule has 1 aromatic carbocycles. The van der Waals surface area contributed by atoms with Crippen molar-refractivity contribution < 1.29 is 5.11 Å². The van der Waals surface area contributed by atoms with Gasteiger partial charge in [-0.3, -0.25) is 0 Å². The normalized spacial score (nSPS) is 10.9. The predicted octanol–water partition coefficient (Wildman–Crippen LogP) is 3.93. The van der Waals surface area contributed by atoms with Crippen LogP contribution < -0.4 is 0 Å². The molecule has 1 N–H and O–H groups in total. The largest absolute Gasteiger partial charge is 0.508 e. The molecule has 68 valence electrons. The number of phenolic OH excluding ortho intramolecular Hbond substituents is 1. The van der Waals surface area contributed by atoms with Crippen molar-refractivity contribution in [3.63, 3.8) is 0 Å². The average molecular weight is 257 g/mol. The number of aromatic hydroxyl groups is 1. The van der Waals surface area contributed by atoms with Gasteiger partial charge in [-0.2, -0.15) is 0 Å². The van der Waals surface area contributed by atoms with Gasteiger partial charge in [0, 0.05) is 19.9 Å². The van der Waals surface area contributed by atoms with Crippen LogP contribution in [0.25, 0.3) is 10.1 Å². The van der Waals surface area contributed by atoms with E-state index in [0.717, 1.165) is 21.8 Å². The van der Waals surface area contributed by atoms with Crippen molar-refractivity contribution in [1.29, 1.82) is 0 Å². The van der Waals surface area contributed by atoms with Crippen LogP contribution in [-0.2, 0) is 6.42 Å². The van der Waals surface area contributed by atoms with Crippen molar-refractivity contribution in [3.05, 3.63) is 27.5 Å². The van der Waals surface area contributed by atoms with Gasteiger partial charge in [0.2, 0.25) is 0 Å². The number of hydrogen-bond acceptors (Lipinski definition) is 2. The molecular formula is C10H9BrOS. The van der Waals surface area contributed by atoms with Crippen LogP contribution in [0.5, 0.6) is 5.75 Å². The number of benzene rings is 1. The van der Waals surface area contributed by atoms with Crippen molar-refractivity contribution >= 4 is 37.4 Å². The minimum atomic E-state index is 0.397. The summed E-state index contributed by atoms with van der Waals surface area (Å²) in [6, 6.07) is 3.88. The van der Waals surface area contributed by atoms with E-state index in [1.165, 1.54) is 4.70 Å². The molecule has 0 saturated heterocycles. The third-order valence-corrected chi connectivity index (χ3v) is 4.01. The molecule has 13 heavy (non-hydrogen) atoms. The fourth-order valence-corrected chi connectivity index (χ4v) is 2.96. The van der Waals surface area contributed by atoms with Crippen LogP contribution in [0.15, 0.2) is 22.0 Å². The van der Waals surface area contributed by atoms with Crippen LogP contribution in [0.2, 0.25) is 0 Å². The first kappa shape index (κ1) is 9.03. The molecule has 0 atom stereocenters. The lowest BCUT2D eigenvalue weighted by Crippen LogP contribution is -1.80. The molecular weight excluding hydrogens is 248 g/mol. The second kappa shape index (κ2) is 3.31. The van der Waals surface area contributed by atoms with E-state index in [9.17, 15) is 5.11 Å². The number of halogens is 1. The number of aryl methyl sites for hydroxylation is 1. The SMILES string of the molecule is CCc1cc2scc(Br)c2cc1O. The fraction of sp³-hybridized carbons (Fsp3) is 0.200. The molecule has 0 spiro atoms. The van der Waals surface area contributed by atoms with Gasteiger partial charge in [0.05, 0.1) is 0 Å². The molecule has 1 nitrogen and oxygen atoms in total. The van der Waals surface area contributed by atoms with Crippen molar-refractivity contribution in [1.82, 2.24) is 0 Å². The molecule has 0 radical (unpaired) electrons. The molecule has 0 aliphatic rings. The summed E-state index contributed by atoms with van der Waals surface area (Å²) in [7, 11) is 0. The van der Waals surface area contributed by atoms with Gasteiger partial charge in [-0.25, -0.2) is 0 Å². The minimum Gasteiger partial charge on any atom is -0.508 e. The quantitative estimate of drug-likeness (QED) is 0.820. The van der Waals surface area contributed by atoms with Crippen LogP contribution in [0.3, 0.4) is 0 Å². The van der Waals surface area contributed by atoms with Crippen molar-refractivity contribution in [2.45, 2.75) is 13.3 Å². The van der Waals surface area contributed by atoms with Crippen LogP contribution in [0.1, 0.15) is 12.5 Å². The van der Waals surface area contributed by atoms with E-state index in [-0.39, 0.29) is 0 Å². The maximum atomic E-state index is 9.64. The molecule has 0 bridgehead atoms. The number of rotatable bonds is 1. The summed E-state index contributed by atoms with van der Waals surface area (Å²) in [6.45, 7) is 2.05. The van der Waals surface area contributed by atoms with E-state index >= 15 is 0 Å². The Balaban J connectivity index is 2.76. The van der Waals surface area contributed by atoms with Crippen molar-refractivity contribution in [2.75, 3.05) is 0 Å². The summed E-state index contributed by atoms with van der Waals surface area (Å²) in [5.41, 5.74) is 1.02. The highest BCUT2D eigenvalue weighted by Crippen LogP contribution is 2.34. The molecule has 1 heterocycles. The summed E-state index contributed by atoms with van der Waals surface area (Å²) in [6.07, 6.45) is 0.872. The molecule has 3 heteroatoms. The molecule has 1 aromatic heterocycles. The Morgan fingerprint density at radius 2 is 2.23 bits per heavy atom. The van der Waals surface area contributed by atoms with E-state index < -0.39 is 0 Å². The van der Waals surface area contributed by atoms with Crippen LogP contribution in [-0.4, -0.2) is 5.11 Å². The van der Waals surface area contributed by atoms with Crippen LogP contribution in [0, 0.1) is 0 Å². The third-order valence-electron chi connectivity index (χ3n) is 2.11. The van der Waals surface area contributed by atoms with Gasteiger partial charge in [0.25, 0.3) is 0 Å². The molecule has 0 unspecified atom stereocenters. The first-order valence-corrected chi connectivity index (χ1v) is 5.78. The Kier molecular flexibility index (Phi) is 2.30. The van der Waals surface area contributed by atoms with Gasteiger partial charge in [-0.1, -0.05) is 6.92 Å². The number of hydrogen-bond donors (Lipinski definition) is 1. The van der Waals surface area contributed by atoms with E-state index in [2.05, 4.69) is 22.0 Å². The highest BCUT2D eigenvalue weighted by atomic mass is 79.9. The maximum Gasteiger partial charge on any atom is 0.119 e. The average Bonchev–Trinajstić information content (AvgIpc) is 2.47. The van der Waals surface area contributed by atoms with Crippen molar-refractivity contribution in [2.24, 2.45) is 0 Å². The highest BCUT2D eigenvalue weighted by molar-refractivity contribution is 9.10. The lowest BCUT2D eigenvalue weighted by molar-refractivity contribution is 0.470. The molecule has 0 aliphatic heterocycles. The molecule has 2 aromatic rings. The Labute approximate surface area is 89.1 Å². The topological polar surface area (TPSA) is 20.2 Å². The fourth-order valence-electron chi connectivity index (χ4n) is 1.36. The van der Waals surface area contributed by atoms with Gasteiger partial charge in [0.1, 0.15) is 5.75 Å². The Bertz CT molecular complexity index is 447. The lowest BCUT2D eigenvalue weighted by Gasteiger charge is -2.01. The smallest absolute Gasteiger partial charge is 0.119 e. The van der Waals surface area contributed by atoms with Crippen LogP contribution in [0.4, 0.5) is 0 Å². The molecule has 0 aliphatic carbocycles. The van der Waals surface area contributed by atoms with E-state index in [1.807, 2.05) is 18.4 Å². The molecule has 0 saturated carbocycles. The molecule has 2 rings (SSSR count). The highest BCUT2D eigenvalue weighted by Gasteiger charge is 2.06.